The molecule has 1 amide bonds. The number of allylic oxidation sites excluding steroid dienone is 1. The van der Waals surface area contributed by atoms with Gasteiger partial charge in [0.2, 0.25) is 11.7 Å². The van der Waals surface area contributed by atoms with Crippen LogP contribution in [0, 0.1) is 0 Å². The van der Waals surface area contributed by atoms with E-state index in [4.69, 9.17) is 0 Å². The molecule has 1 aliphatic rings. The van der Waals surface area contributed by atoms with Crippen molar-refractivity contribution in [3.63, 3.8) is 0 Å². The first-order chi connectivity index (χ1) is 13.1. The van der Waals surface area contributed by atoms with Gasteiger partial charge in [-0.3, -0.25) is 9.59 Å². The summed E-state index contributed by atoms with van der Waals surface area (Å²) in [6.07, 6.45) is 3.40. The van der Waals surface area contributed by atoms with Gasteiger partial charge in [-0.1, -0.05) is 42.5 Å². The molecule has 1 aromatic heterocycles. The van der Waals surface area contributed by atoms with Crippen LogP contribution in [0.5, 0.6) is 0 Å². The van der Waals surface area contributed by atoms with Gasteiger partial charge in [0.05, 0.1) is 10.6 Å². The fourth-order valence-corrected chi connectivity index (χ4v) is 4.21. The monoisotopic (exact) mass is 374 g/mol. The highest BCUT2D eigenvalue weighted by Gasteiger charge is 2.26. The predicted octanol–water partition coefficient (Wildman–Crippen LogP) is 4.98. The first kappa shape index (κ1) is 17.4. The van der Waals surface area contributed by atoms with Crippen LogP contribution < -0.4 is 5.32 Å². The van der Waals surface area contributed by atoms with Gasteiger partial charge in [-0.2, -0.15) is 0 Å². The summed E-state index contributed by atoms with van der Waals surface area (Å²) in [5.74, 6) is -0.0302. The summed E-state index contributed by atoms with van der Waals surface area (Å²) in [5, 5.41) is 3.64. The molecule has 1 heterocycles. The number of hydrogen-bond donors (Lipinski definition) is 1. The average molecular weight is 374 g/mol. The number of carbonyl (C=O) groups is 2. The van der Waals surface area contributed by atoms with Crippen LogP contribution in [-0.2, 0) is 11.2 Å². The van der Waals surface area contributed by atoms with Crippen molar-refractivity contribution in [2.45, 2.75) is 19.8 Å². The quantitative estimate of drug-likeness (QED) is 0.658. The zero-order valence-electron chi connectivity index (χ0n) is 14.9. The lowest BCUT2D eigenvalue weighted by Gasteiger charge is -2.12. The van der Waals surface area contributed by atoms with Crippen LogP contribution in [0.2, 0.25) is 0 Å². The van der Waals surface area contributed by atoms with Crippen molar-refractivity contribution in [3.05, 3.63) is 76.3 Å². The van der Waals surface area contributed by atoms with Crippen LogP contribution in [0.3, 0.4) is 0 Å². The number of aromatic nitrogens is 1. The van der Waals surface area contributed by atoms with Crippen molar-refractivity contribution in [1.82, 2.24) is 4.98 Å². The molecule has 0 radical (unpaired) electrons. The fraction of sp³-hybridized carbons (Fsp3) is 0.136. The predicted molar refractivity (Wildman–Crippen MR) is 109 cm³/mol. The van der Waals surface area contributed by atoms with Gasteiger partial charge in [0.25, 0.3) is 0 Å². The summed E-state index contributed by atoms with van der Waals surface area (Å²) in [6.45, 7) is 1.48. The fourth-order valence-electron chi connectivity index (χ4n) is 3.12. The number of anilines is 1. The molecule has 4 rings (SSSR count). The highest BCUT2D eigenvalue weighted by molar-refractivity contribution is 7.17. The van der Waals surface area contributed by atoms with E-state index in [0.29, 0.717) is 6.42 Å². The molecule has 0 aliphatic heterocycles. The van der Waals surface area contributed by atoms with Crippen LogP contribution in [0.1, 0.15) is 34.3 Å². The molecule has 0 saturated carbocycles. The minimum absolute atomic E-state index is 0.0712. The number of nitrogens with zero attached hydrogens (tertiary/aromatic N) is 1. The van der Waals surface area contributed by atoms with Gasteiger partial charge in [-0.15, -0.1) is 11.3 Å². The molecule has 0 saturated heterocycles. The smallest absolute Gasteiger partial charge is 0.221 e. The second kappa shape index (κ2) is 7.29. The number of thiazole rings is 1. The van der Waals surface area contributed by atoms with Gasteiger partial charge in [0.1, 0.15) is 5.01 Å². The molecule has 0 spiro atoms. The Balaban J connectivity index is 1.59. The molecule has 134 valence electrons. The molecule has 1 N–H and O–H groups in total. The zero-order chi connectivity index (χ0) is 18.8. The minimum atomic E-state index is -0.101. The lowest BCUT2D eigenvalue weighted by Crippen LogP contribution is -2.12. The maximum Gasteiger partial charge on any atom is 0.221 e. The number of Topliss-reactive ketones (excluding diaryl/α,β-unsaturated/α-hetero) is 1. The number of benzene rings is 2. The van der Waals surface area contributed by atoms with E-state index in [1.165, 1.54) is 18.3 Å². The molecule has 27 heavy (non-hydrogen) atoms. The molecular formula is C22H18N2O2S. The van der Waals surface area contributed by atoms with Crippen LogP contribution in [0.4, 0.5) is 5.69 Å². The second-order valence-corrected chi connectivity index (χ2v) is 7.46. The maximum absolute atomic E-state index is 12.9. The molecule has 0 fully saturated rings. The van der Waals surface area contributed by atoms with Crippen molar-refractivity contribution in [3.8, 4) is 10.6 Å². The van der Waals surface area contributed by atoms with Gasteiger partial charge in [-0.25, -0.2) is 4.98 Å². The Morgan fingerprint density at radius 1 is 1.07 bits per heavy atom. The van der Waals surface area contributed by atoms with E-state index in [9.17, 15) is 9.59 Å². The lowest BCUT2D eigenvalue weighted by molar-refractivity contribution is -0.114. The summed E-state index contributed by atoms with van der Waals surface area (Å²) in [7, 11) is 0. The van der Waals surface area contributed by atoms with Gasteiger partial charge >= 0.3 is 0 Å². The van der Waals surface area contributed by atoms with Gasteiger partial charge < -0.3 is 5.32 Å². The molecule has 0 unspecified atom stereocenters. The maximum atomic E-state index is 12.9. The largest absolute Gasteiger partial charge is 0.326 e. The van der Waals surface area contributed by atoms with Crippen molar-refractivity contribution >= 4 is 34.8 Å². The van der Waals surface area contributed by atoms with Crippen LogP contribution in [0.15, 0.2) is 60.2 Å². The Bertz CT molecular complexity index is 1030. The minimum Gasteiger partial charge on any atom is -0.326 e. The lowest BCUT2D eigenvalue weighted by atomic mass is 9.94. The van der Waals surface area contributed by atoms with Crippen molar-refractivity contribution in [2.24, 2.45) is 0 Å². The van der Waals surface area contributed by atoms with Crippen molar-refractivity contribution in [2.75, 3.05) is 5.32 Å². The van der Waals surface area contributed by atoms with E-state index < -0.39 is 0 Å². The third kappa shape index (κ3) is 3.73. The molecule has 1 aliphatic carbocycles. The van der Waals surface area contributed by atoms with E-state index in [0.717, 1.165) is 44.4 Å². The van der Waals surface area contributed by atoms with Gasteiger partial charge in [0.15, 0.2) is 0 Å². The van der Waals surface area contributed by atoms with Crippen molar-refractivity contribution in [1.29, 1.82) is 0 Å². The SMILES string of the molecule is CC(=O)Nc1ccc(/C=C2/CCc3nc(-c4ccccc4)sc3C2=O)cc1. The standard InChI is InChI=1S/C22H18N2O2S/c1-14(25)23-18-10-7-15(8-11-18)13-17-9-12-19-21(20(17)26)27-22(24-19)16-5-3-2-4-6-16/h2-8,10-11,13H,9,12H2,1H3,(H,23,25)/b17-13-. The molecule has 0 atom stereocenters. The van der Waals surface area contributed by atoms with Crippen LogP contribution in [0.25, 0.3) is 16.6 Å². The number of amides is 1. The van der Waals surface area contributed by atoms with E-state index in [1.807, 2.05) is 60.7 Å². The third-order valence-electron chi connectivity index (χ3n) is 4.42. The van der Waals surface area contributed by atoms with E-state index >= 15 is 0 Å². The number of nitrogens with one attached hydrogen (secondary N) is 1. The summed E-state index contributed by atoms with van der Waals surface area (Å²) >= 11 is 1.47. The number of ketones is 1. The Kier molecular flexibility index (Phi) is 4.69. The third-order valence-corrected chi connectivity index (χ3v) is 5.56. The number of rotatable bonds is 3. The Morgan fingerprint density at radius 3 is 2.52 bits per heavy atom. The Hall–Kier alpha value is -3.05. The molecule has 3 aromatic rings. The topological polar surface area (TPSA) is 59.1 Å². The Morgan fingerprint density at radius 2 is 1.81 bits per heavy atom. The zero-order valence-corrected chi connectivity index (χ0v) is 15.7. The second-order valence-electron chi connectivity index (χ2n) is 6.46. The Labute approximate surface area is 161 Å². The van der Waals surface area contributed by atoms with Gasteiger partial charge in [-0.05, 0) is 36.6 Å². The van der Waals surface area contributed by atoms with Crippen LogP contribution in [-0.4, -0.2) is 16.7 Å². The molecule has 0 bridgehead atoms. The molecule has 2 aromatic carbocycles. The first-order valence-electron chi connectivity index (χ1n) is 8.78. The number of fused-ring (bicyclic) bond motifs is 1. The molecular weight excluding hydrogens is 356 g/mol. The van der Waals surface area contributed by atoms with Gasteiger partial charge in [0, 0.05) is 23.7 Å². The molecule has 4 nitrogen and oxygen atoms in total. The summed E-state index contributed by atoms with van der Waals surface area (Å²) in [4.78, 5) is 29.5. The summed E-state index contributed by atoms with van der Waals surface area (Å²) < 4.78 is 0. The number of carbonyl (C=O) groups excluding carboxylic acids is 2. The highest BCUT2D eigenvalue weighted by atomic mass is 32.1. The van der Waals surface area contributed by atoms with E-state index in [1.54, 1.807) is 0 Å². The number of aryl methyl sites for hydroxylation is 1. The van der Waals surface area contributed by atoms with E-state index in [2.05, 4.69) is 10.3 Å². The van der Waals surface area contributed by atoms with Crippen LogP contribution >= 0.6 is 11.3 Å². The average Bonchev–Trinajstić information content (AvgIpc) is 3.11. The summed E-state index contributed by atoms with van der Waals surface area (Å²) in [6, 6.07) is 17.5. The number of hydrogen-bond acceptors (Lipinski definition) is 4. The highest BCUT2D eigenvalue weighted by Crippen LogP contribution is 2.35. The first-order valence-corrected chi connectivity index (χ1v) is 9.60. The van der Waals surface area contributed by atoms with Crippen molar-refractivity contribution < 1.29 is 9.59 Å². The summed E-state index contributed by atoms with van der Waals surface area (Å²) in [5.41, 5.74) is 4.45. The van der Waals surface area contributed by atoms with E-state index in [-0.39, 0.29) is 11.7 Å². The molecule has 5 heteroatoms. The normalized spacial score (nSPS) is 14.9.